The molecule has 0 spiro atoms. The number of aliphatic hydroxyl groups excluding tert-OH is 1. The van der Waals surface area contributed by atoms with Crippen LogP contribution in [0, 0.1) is 5.92 Å². The van der Waals surface area contributed by atoms with Gasteiger partial charge >= 0.3 is 0 Å². The number of carbonyl (C=O) groups is 1. The van der Waals surface area contributed by atoms with E-state index in [-0.39, 0.29) is 24.3 Å². The molecular weight excluding hydrogens is 238 g/mol. The molecule has 0 aliphatic heterocycles. The van der Waals surface area contributed by atoms with Crippen LogP contribution in [-0.4, -0.2) is 23.5 Å². The molecule has 2 N–H and O–H groups in total. The fraction of sp³-hybridized carbons (Fsp3) is 0.308. The molecule has 0 saturated carbocycles. The predicted octanol–water partition coefficient (Wildman–Crippen LogP) is 2.26. The number of aliphatic hydroxyl groups is 1. The highest BCUT2D eigenvalue weighted by Crippen LogP contribution is 2.25. The largest absolute Gasteiger partial charge is 0.396 e. The maximum Gasteiger partial charge on any atom is 0.166 e. The van der Waals surface area contributed by atoms with Crippen LogP contribution in [0.4, 0.5) is 5.69 Å². The zero-order valence-electron chi connectivity index (χ0n) is 9.48. The topological polar surface area (TPSA) is 49.3 Å². The van der Waals surface area contributed by atoms with Crippen molar-refractivity contribution >= 4 is 23.1 Å². The number of hydrogen-bond donors (Lipinski definition) is 2. The first-order valence-electron chi connectivity index (χ1n) is 5.47. The van der Waals surface area contributed by atoms with Crippen LogP contribution in [0.25, 0.3) is 0 Å². The molecule has 1 aromatic carbocycles. The lowest BCUT2D eigenvalue weighted by Gasteiger charge is -2.18. The maximum atomic E-state index is 11.7. The second-order valence-corrected chi connectivity index (χ2v) is 4.62. The van der Waals surface area contributed by atoms with Gasteiger partial charge in [0.15, 0.2) is 5.78 Å². The molecule has 0 radical (unpaired) electrons. The molecule has 17 heavy (non-hydrogen) atoms. The van der Waals surface area contributed by atoms with E-state index in [0.717, 1.165) is 5.69 Å². The Kier molecular flexibility index (Phi) is 3.50. The van der Waals surface area contributed by atoms with E-state index in [4.69, 9.17) is 11.6 Å². The number of hydrogen-bond acceptors (Lipinski definition) is 3. The van der Waals surface area contributed by atoms with E-state index in [0.29, 0.717) is 10.6 Å². The number of ketones is 1. The third-order valence-electron chi connectivity index (χ3n) is 2.96. The summed E-state index contributed by atoms with van der Waals surface area (Å²) in [7, 11) is 0. The van der Waals surface area contributed by atoms with Gasteiger partial charge in [-0.15, -0.1) is 0 Å². The minimum Gasteiger partial charge on any atom is -0.396 e. The first-order chi connectivity index (χ1) is 8.11. The molecule has 0 unspecified atom stereocenters. The molecule has 0 fully saturated rings. The van der Waals surface area contributed by atoms with E-state index < -0.39 is 0 Å². The summed E-state index contributed by atoms with van der Waals surface area (Å²) in [5.74, 6) is -0.371. The van der Waals surface area contributed by atoms with Crippen LogP contribution >= 0.6 is 11.6 Å². The summed E-state index contributed by atoms with van der Waals surface area (Å²) >= 11 is 5.80. The molecule has 3 nitrogen and oxygen atoms in total. The second-order valence-electron chi connectivity index (χ2n) is 4.18. The van der Waals surface area contributed by atoms with Crippen LogP contribution in [0.15, 0.2) is 35.9 Å². The number of rotatable bonds is 3. The van der Waals surface area contributed by atoms with Gasteiger partial charge < -0.3 is 10.4 Å². The zero-order valence-corrected chi connectivity index (χ0v) is 10.2. The summed E-state index contributed by atoms with van der Waals surface area (Å²) < 4.78 is 0. The maximum absolute atomic E-state index is 11.7. The van der Waals surface area contributed by atoms with Gasteiger partial charge in [-0.25, -0.2) is 0 Å². The fourth-order valence-electron chi connectivity index (χ4n) is 2.00. The quantitative estimate of drug-likeness (QED) is 0.866. The summed E-state index contributed by atoms with van der Waals surface area (Å²) in [6, 6.07) is 7.12. The monoisotopic (exact) mass is 251 g/mol. The molecule has 4 heteroatoms. The Bertz CT molecular complexity index is 453. The molecule has 1 aromatic rings. The smallest absolute Gasteiger partial charge is 0.166 e. The van der Waals surface area contributed by atoms with Gasteiger partial charge in [0.2, 0.25) is 0 Å². The highest BCUT2D eigenvalue weighted by molar-refractivity contribution is 6.30. The number of halogens is 1. The van der Waals surface area contributed by atoms with Crippen molar-refractivity contribution in [3.63, 3.8) is 0 Å². The Labute approximate surface area is 105 Å². The predicted molar refractivity (Wildman–Crippen MR) is 68.2 cm³/mol. The summed E-state index contributed by atoms with van der Waals surface area (Å²) in [5, 5.41) is 13.1. The van der Waals surface area contributed by atoms with E-state index in [1.54, 1.807) is 19.1 Å². The molecule has 2 rings (SSSR count). The molecule has 0 heterocycles. The molecule has 90 valence electrons. The molecule has 0 saturated heterocycles. The van der Waals surface area contributed by atoms with Crippen LogP contribution in [0.2, 0.25) is 5.02 Å². The van der Waals surface area contributed by atoms with Gasteiger partial charge in [-0.2, -0.15) is 0 Å². The Hall–Kier alpha value is -1.32. The first-order valence-corrected chi connectivity index (χ1v) is 5.85. The van der Waals surface area contributed by atoms with E-state index in [2.05, 4.69) is 5.32 Å². The minimum absolute atomic E-state index is 0.0129. The lowest BCUT2D eigenvalue weighted by Crippen LogP contribution is -2.30. The SMILES string of the molecule is CC1=C[C@@H](Nc2ccc(Cl)cc2)[C@H](CO)C1=O. The van der Waals surface area contributed by atoms with Gasteiger partial charge in [0.05, 0.1) is 18.6 Å². The van der Waals surface area contributed by atoms with E-state index in [1.807, 2.05) is 18.2 Å². The van der Waals surface area contributed by atoms with Crippen molar-refractivity contribution < 1.29 is 9.90 Å². The second kappa shape index (κ2) is 4.90. The molecule has 2 atom stereocenters. The van der Waals surface area contributed by atoms with E-state index >= 15 is 0 Å². The van der Waals surface area contributed by atoms with Crippen molar-refractivity contribution in [3.8, 4) is 0 Å². The van der Waals surface area contributed by atoms with Crippen molar-refractivity contribution in [1.82, 2.24) is 0 Å². The average molecular weight is 252 g/mol. The Morgan fingerprint density at radius 1 is 1.35 bits per heavy atom. The number of benzene rings is 1. The third-order valence-corrected chi connectivity index (χ3v) is 3.21. The zero-order chi connectivity index (χ0) is 12.4. The number of allylic oxidation sites excluding steroid dienone is 1. The first kappa shape index (κ1) is 12.1. The highest BCUT2D eigenvalue weighted by Gasteiger charge is 2.33. The number of Topliss-reactive ketones (excluding diaryl/α,β-unsaturated/α-hetero) is 1. The van der Waals surface area contributed by atoms with E-state index in [9.17, 15) is 9.90 Å². The van der Waals surface area contributed by atoms with Crippen molar-refractivity contribution in [3.05, 3.63) is 40.9 Å². The van der Waals surface area contributed by atoms with Crippen LogP contribution in [-0.2, 0) is 4.79 Å². The van der Waals surface area contributed by atoms with Gasteiger partial charge in [0.1, 0.15) is 0 Å². The van der Waals surface area contributed by atoms with Crippen LogP contribution in [0.3, 0.4) is 0 Å². The van der Waals surface area contributed by atoms with Gasteiger partial charge in [-0.3, -0.25) is 4.79 Å². The minimum atomic E-state index is -0.384. The van der Waals surface area contributed by atoms with Crippen molar-refractivity contribution in [1.29, 1.82) is 0 Å². The van der Waals surface area contributed by atoms with E-state index in [1.165, 1.54) is 0 Å². The van der Waals surface area contributed by atoms with Gasteiger partial charge in [0, 0.05) is 10.7 Å². The van der Waals surface area contributed by atoms with Crippen LogP contribution < -0.4 is 5.32 Å². The van der Waals surface area contributed by atoms with Gasteiger partial charge in [-0.1, -0.05) is 17.7 Å². The lowest BCUT2D eigenvalue weighted by molar-refractivity contribution is -0.119. The molecule has 1 aliphatic carbocycles. The van der Waals surface area contributed by atoms with Crippen molar-refractivity contribution in [2.75, 3.05) is 11.9 Å². The van der Waals surface area contributed by atoms with Crippen LogP contribution in [0.5, 0.6) is 0 Å². The fourth-order valence-corrected chi connectivity index (χ4v) is 2.13. The van der Waals surface area contributed by atoms with Crippen molar-refractivity contribution in [2.45, 2.75) is 13.0 Å². The molecule has 1 aliphatic rings. The van der Waals surface area contributed by atoms with Gasteiger partial charge in [0.25, 0.3) is 0 Å². The normalized spacial score (nSPS) is 23.7. The summed E-state index contributed by atoms with van der Waals surface area (Å²) in [5.41, 5.74) is 1.59. The lowest BCUT2D eigenvalue weighted by atomic mass is 10.0. The number of nitrogens with one attached hydrogen (secondary N) is 1. The molecule has 0 bridgehead atoms. The molecular formula is C13H14ClNO2. The summed E-state index contributed by atoms with van der Waals surface area (Å²) in [6.07, 6.45) is 1.86. The molecule has 0 amide bonds. The molecule has 0 aromatic heterocycles. The summed E-state index contributed by atoms with van der Waals surface area (Å²) in [4.78, 5) is 11.7. The van der Waals surface area contributed by atoms with Crippen LogP contribution in [0.1, 0.15) is 6.92 Å². The van der Waals surface area contributed by atoms with Crippen molar-refractivity contribution in [2.24, 2.45) is 5.92 Å². The standard InChI is InChI=1S/C13H14ClNO2/c1-8-6-12(11(7-16)13(8)17)15-10-4-2-9(14)3-5-10/h2-6,11-12,15-16H,7H2,1H3/t11-,12+/m0/s1. The highest BCUT2D eigenvalue weighted by atomic mass is 35.5. The van der Waals surface area contributed by atoms with Gasteiger partial charge in [-0.05, 0) is 36.8 Å². The number of anilines is 1. The Morgan fingerprint density at radius 3 is 2.59 bits per heavy atom. The third kappa shape index (κ3) is 2.51. The number of carbonyl (C=O) groups excluding carboxylic acids is 1. The average Bonchev–Trinajstić information content (AvgIpc) is 2.58. The Morgan fingerprint density at radius 2 is 2.00 bits per heavy atom. The Balaban J connectivity index is 2.13. The summed E-state index contributed by atoms with van der Waals surface area (Å²) in [6.45, 7) is 1.63.